The molecule has 158 valence electrons. The number of benzene rings is 2. The Hall–Kier alpha value is -2.73. The zero-order valence-corrected chi connectivity index (χ0v) is 18.4. The Kier molecular flexibility index (Phi) is 5.60. The quantitative estimate of drug-likeness (QED) is 0.814. The normalized spacial score (nSPS) is 18.6. The van der Waals surface area contributed by atoms with Crippen LogP contribution in [0.25, 0.3) is 0 Å². The summed E-state index contributed by atoms with van der Waals surface area (Å²) in [6, 6.07) is 12.1. The molecular weight excluding hydrogens is 400 g/mol. The second-order valence-corrected chi connectivity index (χ2v) is 8.55. The van der Waals surface area contributed by atoms with Gasteiger partial charge in [-0.1, -0.05) is 17.7 Å². The number of aryl methyl sites for hydroxylation is 1. The first-order chi connectivity index (χ1) is 14.3. The number of hydrogen-bond donors (Lipinski definition) is 1. The number of halogens is 1. The van der Waals surface area contributed by atoms with E-state index in [0.29, 0.717) is 19.5 Å². The lowest BCUT2D eigenvalue weighted by atomic mass is 10.1. The minimum Gasteiger partial charge on any atom is -0.376 e. The van der Waals surface area contributed by atoms with Gasteiger partial charge in [0.05, 0.1) is 13.0 Å². The molecule has 0 aromatic heterocycles. The number of anilines is 3. The number of rotatable bonds is 4. The van der Waals surface area contributed by atoms with Crippen LogP contribution in [0.4, 0.5) is 17.1 Å². The second kappa shape index (κ2) is 8.19. The molecule has 0 bridgehead atoms. The van der Waals surface area contributed by atoms with Gasteiger partial charge in [0.15, 0.2) is 0 Å². The molecule has 2 aliphatic rings. The van der Waals surface area contributed by atoms with Crippen LogP contribution in [0.15, 0.2) is 36.4 Å². The minimum atomic E-state index is 0.0821. The highest BCUT2D eigenvalue weighted by molar-refractivity contribution is 6.31. The molecule has 1 atom stereocenters. The number of carbonyl (C=O) groups excluding carboxylic acids is 2. The van der Waals surface area contributed by atoms with Gasteiger partial charge in [0.1, 0.15) is 0 Å². The molecule has 0 saturated carbocycles. The van der Waals surface area contributed by atoms with Gasteiger partial charge in [-0.15, -0.1) is 0 Å². The molecule has 0 unspecified atom stereocenters. The summed E-state index contributed by atoms with van der Waals surface area (Å²) in [7, 11) is 1.78. The van der Waals surface area contributed by atoms with Gasteiger partial charge in [0, 0.05) is 54.8 Å². The average Bonchev–Trinajstić information content (AvgIpc) is 3.01. The Bertz CT molecular complexity index is 993. The topological polar surface area (TPSA) is 55.9 Å². The van der Waals surface area contributed by atoms with Crippen molar-refractivity contribution in [2.75, 3.05) is 48.3 Å². The van der Waals surface area contributed by atoms with E-state index in [2.05, 4.69) is 23.2 Å². The Balaban J connectivity index is 1.34. The molecule has 0 aliphatic carbocycles. The molecule has 1 saturated heterocycles. The van der Waals surface area contributed by atoms with Gasteiger partial charge in [-0.05, 0) is 55.3 Å². The highest BCUT2D eigenvalue weighted by Crippen LogP contribution is 2.30. The summed E-state index contributed by atoms with van der Waals surface area (Å²) in [5, 5.41) is 3.99. The minimum absolute atomic E-state index is 0.0821. The number of piperazine rings is 1. The molecule has 1 N–H and O–H groups in total. The van der Waals surface area contributed by atoms with Gasteiger partial charge in [-0.25, -0.2) is 0 Å². The summed E-state index contributed by atoms with van der Waals surface area (Å²) in [5.41, 5.74) is 5.00. The molecule has 2 aromatic carbocycles. The maximum Gasteiger partial charge on any atom is 0.242 e. The molecule has 30 heavy (non-hydrogen) atoms. The summed E-state index contributed by atoms with van der Waals surface area (Å²) in [6.45, 7) is 6.55. The third-order valence-corrected chi connectivity index (χ3v) is 6.48. The van der Waals surface area contributed by atoms with Crippen LogP contribution in [-0.4, -0.2) is 56.0 Å². The lowest BCUT2D eigenvalue weighted by molar-refractivity contribution is -0.130. The van der Waals surface area contributed by atoms with Crippen LogP contribution in [0.2, 0.25) is 5.02 Å². The van der Waals surface area contributed by atoms with E-state index in [4.69, 9.17) is 11.6 Å². The molecular formula is C23H27ClN4O2. The third-order valence-electron chi connectivity index (χ3n) is 6.06. The van der Waals surface area contributed by atoms with E-state index in [1.807, 2.05) is 42.2 Å². The van der Waals surface area contributed by atoms with Gasteiger partial charge in [0.2, 0.25) is 11.8 Å². The van der Waals surface area contributed by atoms with Gasteiger partial charge in [0.25, 0.3) is 0 Å². The monoisotopic (exact) mass is 426 g/mol. The number of likely N-dealkylation sites (N-methyl/N-ethyl adjacent to an activating group) is 1. The Morgan fingerprint density at radius 3 is 2.73 bits per heavy atom. The van der Waals surface area contributed by atoms with Crippen LogP contribution >= 0.6 is 11.6 Å². The standard InChI is InChI=1S/C23H27ClN4O2/c1-15-10-19(6-7-20(15)24)28-9-8-27(14-16(28)2)23(30)13-25-18-5-4-17-11-22(29)26(3)21(17)12-18/h4-7,10,12,16,25H,8-9,11,13-14H2,1-3H3/t16-/m1/s1. The fourth-order valence-corrected chi connectivity index (χ4v) is 4.33. The number of hydrogen-bond acceptors (Lipinski definition) is 4. The average molecular weight is 427 g/mol. The first kappa shape index (κ1) is 20.5. The SMILES string of the molecule is Cc1cc(N2CCN(C(=O)CNc3ccc4c(c3)N(C)C(=O)C4)C[C@H]2C)ccc1Cl. The van der Waals surface area contributed by atoms with Crippen LogP contribution in [0.1, 0.15) is 18.1 Å². The highest BCUT2D eigenvalue weighted by Gasteiger charge is 2.27. The van der Waals surface area contributed by atoms with Crippen molar-refractivity contribution in [2.45, 2.75) is 26.3 Å². The molecule has 1 fully saturated rings. The highest BCUT2D eigenvalue weighted by atomic mass is 35.5. The maximum atomic E-state index is 12.8. The zero-order chi connectivity index (χ0) is 21.4. The summed E-state index contributed by atoms with van der Waals surface area (Å²) in [4.78, 5) is 30.5. The van der Waals surface area contributed by atoms with E-state index in [-0.39, 0.29) is 24.4 Å². The number of amides is 2. The predicted octanol–water partition coefficient (Wildman–Crippen LogP) is 3.32. The van der Waals surface area contributed by atoms with Gasteiger partial charge >= 0.3 is 0 Å². The van der Waals surface area contributed by atoms with E-state index >= 15 is 0 Å². The van der Waals surface area contributed by atoms with Crippen molar-refractivity contribution in [3.63, 3.8) is 0 Å². The van der Waals surface area contributed by atoms with E-state index in [1.54, 1.807) is 11.9 Å². The van der Waals surface area contributed by atoms with E-state index < -0.39 is 0 Å². The molecule has 4 rings (SSSR count). The molecule has 2 aliphatic heterocycles. The zero-order valence-electron chi connectivity index (χ0n) is 17.6. The predicted molar refractivity (Wildman–Crippen MR) is 122 cm³/mol. The summed E-state index contributed by atoms with van der Waals surface area (Å²) in [6.07, 6.45) is 0.445. The van der Waals surface area contributed by atoms with Crippen molar-refractivity contribution in [3.05, 3.63) is 52.5 Å². The Labute approximate surface area is 182 Å². The van der Waals surface area contributed by atoms with Crippen LogP contribution in [0.3, 0.4) is 0 Å². The first-order valence-electron chi connectivity index (χ1n) is 10.3. The Morgan fingerprint density at radius 1 is 1.20 bits per heavy atom. The Morgan fingerprint density at radius 2 is 2.00 bits per heavy atom. The van der Waals surface area contributed by atoms with Crippen molar-refractivity contribution in [1.82, 2.24) is 4.90 Å². The largest absolute Gasteiger partial charge is 0.376 e. The molecule has 2 aromatic rings. The van der Waals surface area contributed by atoms with Crippen LogP contribution in [0, 0.1) is 6.92 Å². The fourth-order valence-electron chi connectivity index (χ4n) is 4.22. The van der Waals surface area contributed by atoms with Crippen molar-refractivity contribution in [2.24, 2.45) is 0 Å². The third kappa shape index (κ3) is 3.97. The number of carbonyl (C=O) groups is 2. The first-order valence-corrected chi connectivity index (χ1v) is 10.6. The summed E-state index contributed by atoms with van der Waals surface area (Å²) >= 11 is 6.15. The van der Waals surface area contributed by atoms with Crippen molar-refractivity contribution < 1.29 is 9.59 Å². The van der Waals surface area contributed by atoms with E-state index in [0.717, 1.165) is 39.8 Å². The fraction of sp³-hybridized carbons (Fsp3) is 0.391. The maximum absolute atomic E-state index is 12.8. The number of nitrogens with one attached hydrogen (secondary N) is 1. The number of nitrogens with zero attached hydrogens (tertiary/aromatic N) is 3. The van der Waals surface area contributed by atoms with Gasteiger partial charge < -0.3 is 20.0 Å². The number of fused-ring (bicyclic) bond motifs is 1. The molecule has 6 nitrogen and oxygen atoms in total. The lowest BCUT2D eigenvalue weighted by Gasteiger charge is -2.41. The van der Waals surface area contributed by atoms with Crippen LogP contribution in [0.5, 0.6) is 0 Å². The summed E-state index contributed by atoms with van der Waals surface area (Å²) in [5.74, 6) is 0.180. The van der Waals surface area contributed by atoms with Crippen molar-refractivity contribution in [3.8, 4) is 0 Å². The van der Waals surface area contributed by atoms with E-state index in [1.165, 1.54) is 0 Å². The second-order valence-electron chi connectivity index (χ2n) is 8.14. The molecule has 2 amide bonds. The van der Waals surface area contributed by atoms with Crippen molar-refractivity contribution in [1.29, 1.82) is 0 Å². The van der Waals surface area contributed by atoms with E-state index in [9.17, 15) is 9.59 Å². The van der Waals surface area contributed by atoms with Gasteiger partial charge in [-0.3, -0.25) is 9.59 Å². The van der Waals surface area contributed by atoms with Crippen molar-refractivity contribution >= 4 is 40.5 Å². The smallest absolute Gasteiger partial charge is 0.242 e. The molecule has 0 radical (unpaired) electrons. The lowest BCUT2D eigenvalue weighted by Crippen LogP contribution is -2.54. The van der Waals surface area contributed by atoms with Crippen LogP contribution < -0.4 is 15.1 Å². The molecule has 7 heteroatoms. The summed E-state index contributed by atoms with van der Waals surface area (Å²) < 4.78 is 0. The van der Waals surface area contributed by atoms with Crippen LogP contribution in [-0.2, 0) is 16.0 Å². The molecule has 2 heterocycles. The van der Waals surface area contributed by atoms with Gasteiger partial charge in [-0.2, -0.15) is 0 Å². The molecule has 0 spiro atoms.